The van der Waals surface area contributed by atoms with E-state index in [4.69, 9.17) is 13.7 Å². The third-order valence-electron chi connectivity index (χ3n) is 5.57. The summed E-state index contributed by atoms with van der Waals surface area (Å²) in [7, 11) is 2.26. The number of anilines is 2. The molecule has 0 spiro atoms. The lowest BCUT2D eigenvalue weighted by Gasteiger charge is -2.18. The Bertz CT molecular complexity index is 1170. The minimum atomic E-state index is -3.76. The largest absolute Gasteiger partial charge is 0.378 e. The predicted molar refractivity (Wildman–Crippen MR) is 143 cm³/mol. The Morgan fingerprint density at radius 1 is 0.750 bits per heavy atom. The molecule has 0 saturated heterocycles. The molecular formula is C27H35N3O5S. The Balaban J connectivity index is 1.29. The molecule has 1 aromatic heterocycles. The van der Waals surface area contributed by atoms with Crippen molar-refractivity contribution in [2.45, 2.75) is 11.8 Å². The maximum absolute atomic E-state index is 12.1. The molecule has 0 aliphatic carbocycles. The molecule has 0 fully saturated rings. The van der Waals surface area contributed by atoms with Crippen molar-refractivity contribution in [3.05, 3.63) is 72.4 Å². The van der Waals surface area contributed by atoms with Crippen LogP contribution in [0.25, 0.3) is 11.1 Å². The van der Waals surface area contributed by atoms with E-state index in [0.29, 0.717) is 26.4 Å². The highest BCUT2D eigenvalue weighted by Gasteiger charge is 2.14. The molecule has 3 rings (SSSR count). The molecule has 2 aromatic carbocycles. The average molecular weight is 514 g/mol. The van der Waals surface area contributed by atoms with Gasteiger partial charge in [-0.05, 0) is 48.9 Å². The number of aromatic nitrogens is 1. The van der Waals surface area contributed by atoms with E-state index >= 15 is 0 Å². The third kappa shape index (κ3) is 8.30. The smallest absolute Gasteiger partial charge is 0.297 e. The van der Waals surface area contributed by atoms with E-state index in [-0.39, 0.29) is 18.1 Å². The number of aryl methyl sites for hydroxylation is 1. The van der Waals surface area contributed by atoms with Gasteiger partial charge in [0.15, 0.2) is 0 Å². The van der Waals surface area contributed by atoms with Gasteiger partial charge in [-0.2, -0.15) is 8.42 Å². The molecule has 3 aromatic rings. The zero-order valence-electron chi connectivity index (χ0n) is 21.4. The standard InChI is InChI=1S/C27H35N3O5S/c1-22-5-12-26(13-6-22)36(31,32)35-20-19-34-18-17-33-16-15-30(4)27-14-9-24(21-28-27)23-7-10-25(11-8-23)29(2)3/h5-14,21H,15-20H2,1-4H3. The molecule has 0 N–H and O–H groups in total. The molecule has 0 amide bonds. The molecule has 0 atom stereocenters. The maximum Gasteiger partial charge on any atom is 0.297 e. The number of pyridine rings is 1. The second kappa shape index (κ2) is 13.4. The number of hydrogen-bond acceptors (Lipinski definition) is 8. The fourth-order valence-corrected chi connectivity index (χ4v) is 4.24. The molecule has 0 saturated carbocycles. The van der Waals surface area contributed by atoms with E-state index < -0.39 is 10.1 Å². The predicted octanol–water partition coefficient (Wildman–Crippen LogP) is 4.00. The second-order valence-electron chi connectivity index (χ2n) is 8.58. The summed E-state index contributed by atoms with van der Waals surface area (Å²) in [5.74, 6) is 0.871. The highest BCUT2D eigenvalue weighted by molar-refractivity contribution is 7.86. The zero-order chi connectivity index (χ0) is 26.0. The van der Waals surface area contributed by atoms with Gasteiger partial charge in [-0.3, -0.25) is 4.18 Å². The first-order chi connectivity index (χ1) is 17.3. The highest BCUT2D eigenvalue weighted by Crippen LogP contribution is 2.23. The quantitative estimate of drug-likeness (QED) is 0.236. The van der Waals surface area contributed by atoms with Crippen LogP contribution in [0.4, 0.5) is 11.5 Å². The average Bonchev–Trinajstić information content (AvgIpc) is 2.88. The van der Waals surface area contributed by atoms with Gasteiger partial charge in [0.1, 0.15) is 5.82 Å². The fourth-order valence-electron chi connectivity index (χ4n) is 3.35. The number of nitrogens with zero attached hydrogens (tertiary/aromatic N) is 3. The minimum absolute atomic E-state index is 0.0413. The van der Waals surface area contributed by atoms with Crippen LogP contribution in [0.2, 0.25) is 0 Å². The van der Waals surface area contributed by atoms with Gasteiger partial charge in [0.25, 0.3) is 10.1 Å². The van der Waals surface area contributed by atoms with Crippen molar-refractivity contribution in [2.75, 3.05) is 70.5 Å². The summed E-state index contributed by atoms with van der Waals surface area (Å²) in [5.41, 5.74) is 4.35. The molecule has 0 radical (unpaired) electrons. The Morgan fingerprint density at radius 3 is 1.97 bits per heavy atom. The number of ether oxygens (including phenoxy) is 2. The molecule has 0 aliphatic rings. The van der Waals surface area contributed by atoms with Crippen LogP contribution in [0.5, 0.6) is 0 Å². The summed E-state index contributed by atoms with van der Waals surface area (Å²) in [4.78, 5) is 8.83. The normalized spacial score (nSPS) is 11.4. The molecule has 9 heteroatoms. The summed E-state index contributed by atoms with van der Waals surface area (Å²) in [6, 6.07) is 19.0. The minimum Gasteiger partial charge on any atom is -0.378 e. The summed E-state index contributed by atoms with van der Waals surface area (Å²) in [6.07, 6.45) is 1.88. The Kier molecular flexibility index (Phi) is 10.2. The van der Waals surface area contributed by atoms with Crippen molar-refractivity contribution in [3.63, 3.8) is 0 Å². The lowest BCUT2D eigenvalue weighted by atomic mass is 10.1. The SMILES string of the molecule is Cc1ccc(S(=O)(=O)OCCOCCOCCN(C)c2ccc(-c3ccc(N(C)C)cc3)cn2)cc1. The first-order valence-electron chi connectivity index (χ1n) is 11.8. The number of benzene rings is 2. The van der Waals surface area contributed by atoms with E-state index in [2.05, 4.69) is 40.2 Å². The summed E-state index contributed by atoms with van der Waals surface area (Å²) < 4.78 is 40.3. The molecule has 36 heavy (non-hydrogen) atoms. The van der Waals surface area contributed by atoms with Crippen LogP contribution in [-0.4, -0.2) is 74.1 Å². The third-order valence-corrected chi connectivity index (χ3v) is 6.90. The molecular weight excluding hydrogens is 478 g/mol. The van der Waals surface area contributed by atoms with Crippen LogP contribution in [0.15, 0.2) is 71.8 Å². The number of rotatable bonds is 14. The lowest BCUT2D eigenvalue weighted by molar-refractivity contribution is 0.0394. The Morgan fingerprint density at radius 2 is 1.36 bits per heavy atom. The van der Waals surface area contributed by atoms with E-state index in [0.717, 1.165) is 28.2 Å². The van der Waals surface area contributed by atoms with Gasteiger partial charge in [0, 0.05) is 45.1 Å². The van der Waals surface area contributed by atoms with Crippen LogP contribution in [-0.2, 0) is 23.8 Å². The number of hydrogen-bond donors (Lipinski definition) is 0. The summed E-state index contributed by atoms with van der Waals surface area (Å²) in [5, 5.41) is 0. The highest BCUT2D eigenvalue weighted by atomic mass is 32.2. The molecule has 1 heterocycles. The van der Waals surface area contributed by atoms with Gasteiger partial charge in [-0.25, -0.2) is 4.98 Å². The molecule has 0 unspecified atom stereocenters. The summed E-state index contributed by atoms with van der Waals surface area (Å²) in [6.45, 7) is 4.00. The van der Waals surface area contributed by atoms with Crippen LogP contribution >= 0.6 is 0 Å². The van der Waals surface area contributed by atoms with Crippen LogP contribution in [0.1, 0.15) is 5.56 Å². The van der Waals surface area contributed by atoms with Crippen LogP contribution in [0.3, 0.4) is 0 Å². The van der Waals surface area contributed by atoms with E-state index in [1.54, 1.807) is 12.1 Å². The van der Waals surface area contributed by atoms with Gasteiger partial charge in [0.05, 0.1) is 37.9 Å². The van der Waals surface area contributed by atoms with Gasteiger partial charge in [0.2, 0.25) is 0 Å². The van der Waals surface area contributed by atoms with Crippen molar-refractivity contribution in [2.24, 2.45) is 0 Å². The van der Waals surface area contributed by atoms with Crippen molar-refractivity contribution in [3.8, 4) is 11.1 Å². The van der Waals surface area contributed by atoms with E-state index in [9.17, 15) is 8.42 Å². The second-order valence-corrected chi connectivity index (χ2v) is 10.2. The van der Waals surface area contributed by atoms with Crippen molar-refractivity contribution >= 4 is 21.6 Å². The molecule has 8 nitrogen and oxygen atoms in total. The van der Waals surface area contributed by atoms with Crippen molar-refractivity contribution in [1.29, 1.82) is 0 Å². The van der Waals surface area contributed by atoms with Gasteiger partial charge in [-0.15, -0.1) is 0 Å². The van der Waals surface area contributed by atoms with Crippen LogP contribution in [0, 0.1) is 6.92 Å². The molecule has 0 bridgehead atoms. The van der Waals surface area contributed by atoms with Crippen LogP contribution < -0.4 is 9.80 Å². The first-order valence-corrected chi connectivity index (χ1v) is 13.2. The number of likely N-dealkylation sites (N-methyl/N-ethyl adjacent to an activating group) is 1. The Labute approximate surface area is 214 Å². The Hall–Kier alpha value is -2.98. The molecule has 0 aliphatic heterocycles. The zero-order valence-corrected chi connectivity index (χ0v) is 22.2. The van der Waals surface area contributed by atoms with E-state index in [1.807, 2.05) is 45.2 Å². The van der Waals surface area contributed by atoms with Crippen molar-refractivity contribution < 1.29 is 22.1 Å². The van der Waals surface area contributed by atoms with Gasteiger partial charge < -0.3 is 19.3 Å². The van der Waals surface area contributed by atoms with Crippen molar-refractivity contribution in [1.82, 2.24) is 4.98 Å². The first kappa shape index (κ1) is 27.6. The van der Waals surface area contributed by atoms with E-state index in [1.165, 1.54) is 12.1 Å². The van der Waals surface area contributed by atoms with Gasteiger partial charge in [-0.1, -0.05) is 29.8 Å². The van der Waals surface area contributed by atoms with Gasteiger partial charge >= 0.3 is 0 Å². The molecule has 194 valence electrons. The monoisotopic (exact) mass is 513 g/mol. The topological polar surface area (TPSA) is 81.2 Å². The summed E-state index contributed by atoms with van der Waals surface area (Å²) >= 11 is 0. The lowest BCUT2D eigenvalue weighted by Crippen LogP contribution is -2.24. The fraction of sp³-hybridized carbons (Fsp3) is 0.370. The maximum atomic E-state index is 12.1.